The summed E-state index contributed by atoms with van der Waals surface area (Å²) in [7, 11) is 2.41. The molecule has 1 N–H and O–H groups in total. The molecule has 14 rings (SSSR count). The normalized spacial score (nSPS) is 12.8. The zero-order chi connectivity index (χ0) is 47.2. The van der Waals surface area contributed by atoms with Crippen molar-refractivity contribution in [1.29, 1.82) is 0 Å². The van der Waals surface area contributed by atoms with E-state index in [9.17, 15) is 0 Å². The van der Waals surface area contributed by atoms with Gasteiger partial charge in [0, 0.05) is 66.4 Å². The molecule has 0 unspecified atom stereocenters. The highest BCUT2D eigenvalue weighted by Gasteiger charge is 2.34. The minimum atomic E-state index is -0.0849. The van der Waals surface area contributed by atoms with E-state index in [-0.39, 0.29) is 10.8 Å². The Labute approximate surface area is 406 Å². The summed E-state index contributed by atoms with van der Waals surface area (Å²) in [6.45, 7) is 13.6. The Hall–Kier alpha value is -8.22. The largest absolute Gasteiger partial charge is 0.456 e. The van der Waals surface area contributed by atoms with Crippen LogP contribution in [0.2, 0.25) is 0 Å². The van der Waals surface area contributed by atoms with Gasteiger partial charge in [-0.3, -0.25) is 0 Å². The van der Waals surface area contributed by atoms with Crippen molar-refractivity contribution >= 4 is 106 Å². The molecule has 0 bridgehead atoms. The fraction of sp³-hybridized carbons (Fsp3) is 0.125. The summed E-state index contributed by atoms with van der Waals surface area (Å²) >= 11 is 0. The van der Waals surface area contributed by atoms with Crippen LogP contribution in [0.5, 0.6) is 0 Å². The first kappa shape index (κ1) is 40.8. The van der Waals surface area contributed by atoms with E-state index >= 15 is 0 Å². The number of benzene rings is 9. The van der Waals surface area contributed by atoms with Crippen molar-refractivity contribution in [3.05, 3.63) is 187 Å². The quantitative estimate of drug-likeness (QED) is 0.175. The van der Waals surface area contributed by atoms with Crippen LogP contribution in [0.1, 0.15) is 52.7 Å². The maximum atomic E-state index is 7.25. The lowest BCUT2D eigenvalue weighted by atomic mass is 9.58. The van der Waals surface area contributed by atoms with Crippen LogP contribution in [0.15, 0.2) is 189 Å². The predicted molar refractivity (Wildman–Crippen MR) is 294 cm³/mol. The topological polar surface area (TPSA) is 56.4 Å². The first-order valence-corrected chi connectivity index (χ1v) is 24.3. The van der Waals surface area contributed by atoms with E-state index in [0.29, 0.717) is 0 Å². The van der Waals surface area contributed by atoms with Gasteiger partial charge in [0.05, 0.1) is 22.1 Å². The van der Waals surface area contributed by atoms with Gasteiger partial charge in [-0.1, -0.05) is 162 Å². The van der Waals surface area contributed by atoms with Gasteiger partial charge in [0.1, 0.15) is 33.7 Å². The van der Waals surface area contributed by atoms with Crippen molar-refractivity contribution in [2.75, 3.05) is 5.32 Å². The summed E-state index contributed by atoms with van der Waals surface area (Å²) in [5.41, 5.74) is 19.5. The molecule has 9 aromatic carbocycles. The Kier molecular flexibility index (Phi) is 8.54. The third-order valence-electron chi connectivity index (χ3n) is 14.7. The molecule has 1 aliphatic heterocycles. The minimum Gasteiger partial charge on any atom is -0.456 e. The number of furan rings is 3. The molecule has 0 atom stereocenters. The standard InChI is InChI=1S/C64H48BN2O3/c1-63(2,3)38-25-28-40(29-26-38)66-48-35-54-43(41-21-13-15-23-51(41)68-54)32-44(48)56-57-42-22-14-16-24-52(42)69-62(57)58-45-31-39(64(4,5)6)27-30-49(45)67-50-33-46-53(34-47(50)65-59(56)60(58)67)70-61(37-19-11-8-12-20-37)55(46)36-17-9-7-10-18-36/h7-35,66H,1-6H3. The number of hydrogen-bond acceptors (Lipinski definition) is 4. The molecule has 1 radical (unpaired) electrons. The average molecular weight is 904 g/mol. The van der Waals surface area contributed by atoms with E-state index in [4.69, 9.17) is 13.3 Å². The number of rotatable bonds is 5. The molecule has 335 valence electrons. The van der Waals surface area contributed by atoms with Gasteiger partial charge >= 0.3 is 0 Å². The second kappa shape index (κ2) is 14.6. The number of fused-ring (bicyclic) bond motifs is 13. The Morgan fingerprint density at radius 2 is 1.11 bits per heavy atom. The molecule has 0 amide bonds. The van der Waals surface area contributed by atoms with Gasteiger partial charge < -0.3 is 23.1 Å². The third kappa shape index (κ3) is 6.05. The van der Waals surface area contributed by atoms with E-state index in [1.165, 1.54) is 11.1 Å². The monoisotopic (exact) mass is 903 g/mol. The number of aromatic nitrogens is 1. The molecule has 13 aromatic rings. The van der Waals surface area contributed by atoms with Gasteiger partial charge in [-0.05, 0) is 93.1 Å². The summed E-state index contributed by atoms with van der Waals surface area (Å²) in [4.78, 5) is 0. The van der Waals surface area contributed by atoms with Crippen LogP contribution in [0.25, 0.3) is 116 Å². The summed E-state index contributed by atoms with van der Waals surface area (Å²) in [6, 6.07) is 63.1. The minimum absolute atomic E-state index is 0.0224. The predicted octanol–water partition coefficient (Wildman–Crippen LogP) is 16.6. The molecule has 6 heteroatoms. The number of nitrogens with zero attached hydrogens (tertiary/aromatic N) is 1. The fourth-order valence-electron chi connectivity index (χ4n) is 11.2. The molecule has 5 nitrogen and oxygen atoms in total. The van der Waals surface area contributed by atoms with Crippen LogP contribution in [-0.4, -0.2) is 11.8 Å². The highest BCUT2D eigenvalue weighted by Crippen LogP contribution is 2.50. The van der Waals surface area contributed by atoms with Gasteiger partial charge in [0.15, 0.2) is 7.28 Å². The fourth-order valence-corrected chi connectivity index (χ4v) is 11.2. The van der Waals surface area contributed by atoms with Crippen LogP contribution in [0.3, 0.4) is 0 Å². The van der Waals surface area contributed by atoms with Crippen LogP contribution in [0, 0.1) is 0 Å². The second-order valence-electron chi connectivity index (χ2n) is 21.2. The van der Waals surface area contributed by atoms with Crippen LogP contribution in [0.4, 0.5) is 11.4 Å². The van der Waals surface area contributed by atoms with Gasteiger partial charge in [-0.2, -0.15) is 0 Å². The van der Waals surface area contributed by atoms with Gasteiger partial charge in [0.2, 0.25) is 0 Å². The number of hydrogen-bond donors (Lipinski definition) is 1. The second-order valence-corrected chi connectivity index (χ2v) is 21.2. The summed E-state index contributed by atoms with van der Waals surface area (Å²) in [5.74, 6) is 0.857. The van der Waals surface area contributed by atoms with E-state index in [0.717, 1.165) is 138 Å². The van der Waals surface area contributed by atoms with Crippen molar-refractivity contribution in [2.45, 2.75) is 52.4 Å². The lowest BCUT2D eigenvalue weighted by Crippen LogP contribution is -2.37. The molecule has 0 aliphatic carbocycles. The molecule has 1 aliphatic rings. The first-order chi connectivity index (χ1) is 34.0. The maximum Gasteiger partial charge on any atom is 0.198 e. The van der Waals surface area contributed by atoms with Gasteiger partial charge in [-0.15, -0.1) is 0 Å². The summed E-state index contributed by atoms with van der Waals surface area (Å²) < 4.78 is 23.5. The molecular formula is C64H48BN2O3. The lowest BCUT2D eigenvalue weighted by Gasteiger charge is -2.25. The molecule has 70 heavy (non-hydrogen) atoms. The van der Waals surface area contributed by atoms with Crippen LogP contribution < -0.4 is 16.2 Å². The number of nitrogens with one attached hydrogen (secondary N) is 1. The van der Waals surface area contributed by atoms with Gasteiger partial charge in [-0.25, -0.2) is 0 Å². The summed E-state index contributed by atoms with van der Waals surface area (Å²) in [6.07, 6.45) is 0. The van der Waals surface area contributed by atoms with Crippen molar-refractivity contribution in [3.8, 4) is 39.3 Å². The number of anilines is 2. The Balaban J connectivity index is 1.14. The van der Waals surface area contributed by atoms with E-state index in [2.05, 4.69) is 229 Å². The zero-order valence-corrected chi connectivity index (χ0v) is 40.0. The highest BCUT2D eigenvalue weighted by atomic mass is 16.3. The Morgan fingerprint density at radius 3 is 1.84 bits per heavy atom. The molecule has 4 aromatic heterocycles. The molecule has 0 fully saturated rings. The Bertz CT molecular complexity index is 4290. The highest BCUT2D eigenvalue weighted by molar-refractivity contribution is 6.74. The van der Waals surface area contributed by atoms with Crippen molar-refractivity contribution < 1.29 is 13.3 Å². The van der Waals surface area contributed by atoms with Crippen molar-refractivity contribution in [3.63, 3.8) is 0 Å². The van der Waals surface area contributed by atoms with E-state index in [1.54, 1.807) is 0 Å². The van der Waals surface area contributed by atoms with E-state index in [1.807, 2.05) is 6.07 Å². The van der Waals surface area contributed by atoms with Crippen molar-refractivity contribution in [2.24, 2.45) is 0 Å². The van der Waals surface area contributed by atoms with E-state index < -0.39 is 0 Å². The van der Waals surface area contributed by atoms with Crippen LogP contribution >= 0.6 is 0 Å². The van der Waals surface area contributed by atoms with Crippen LogP contribution in [-0.2, 0) is 10.8 Å². The molecule has 5 heterocycles. The molecular weight excluding hydrogens is 856 g/mol. The molecule has 0 spiro atoms. The maximum absolute atomic E-state index is 7.25. The summed E-state index contributed by atoms with van der Waals surface area (Å²) in [5, 5.41) is 11.5. The van der Waals surface area contributed by atoms with Gasteiger partial charge in [0.25, 0.3) is 0 Å². The van der Waals surface area contributed by atoms with Crippen molar-refractivity contribution in [1.82, 2.24) is 4.57 Å². The third-order valence-corrected chi connectivity index (χ3v) is 14.7. The zero-order valence-electron chi connectivity index (χ0n) is 40.0. The SMILES string of the molecule is CC(C)(C)c1ccc(Nc2cc3oc4ccccc4c3cc2-c2c3c4c(c5cc(C(C)(C)C)ccc5n4-c4cc5c(-c6ccccc6)c(-c6ccccc6)oc5cc4[B]3)c3oc4ccccc4c23)cc1. The number of para-hydroxylation sites is 2. The average Bonchev–Trinajstić information content (AvgIpc) is 4.13. The smallest absolute Gasteiger partial charge is 0.198 e. The lowest BCUT2D eigenvalue weighted by molar-refractivity contribution is 0.590. The molecule has 0 saturated heterocycles. The molecule has 0 saturated carbocycles. The Morgan fingerprint density at radius 1 is 0.471 bits per heavy atom. The first-order valence-electron chi connectivity index (χ1n) is 24.3.